The maximum atomic E-state index is 9.96. The van der Waals surface area contributed by atoms with Gasteiger partial charge in [-0.1, -0.05) is 44.2 Å². The first kappa shape index (κ1) is 13.5. The molecule has 0 radical (unpaired) electrons. The number of rotatable bonds is 3. The van der Waals surface area contributed by atoms with Gasteiger partial charge in [-0.2, -0.15) is 0 Å². The molecule has 3 nitrogen and oxygen atoms in total. The van der Waals surface area contributed by atoms with Crippen LogP contribution in [0.25, 0.3) is 0 Å². The number of hydrogen-bond donors (Lipinski definition) is 2. The van der Waals surface area contributed by atoms with Crippen LogP contribution in [-0.4, -0.2) is 35.2 Å². The molecule has 1 aliphatic heterocycles. The van der Waals surface area contributed by atoms with Crippen molar-refractivity contribution in [3.8, 4) is 0 Å². The van der Waals surface area contributed by atoms with Crippen molar-refractivity contribution >= 4 is 0 Å². The minimum absolute atomic E-state index is 0.0650. The number of benzene rings is 1. The highest BCUT2D eigenvalue weighted by Crippen LogP contribution is 2.30. The van der Waals surface area contributed by atoms with E-state index in [-0.39, 0.29) is 6.04 Å². The van der Waals surface area contributed by atoms with Crippen LogP contribution in [0.3, 0.4) is 0 Å². The molecule has 1 unspecified atom stereocenters. The van der Waals surface area contributed by atoms with Crippen molar-refractivity contribution < 1.29 is 5.11 Å². The molecule has 0 aliphatic carbocycles. The molecule has 18 heavy (non-hydrogen) atoms. The number of nitrogens with zero attached hydrogens (tertiary/aromatic N) is 1. The first-order chi connectivity index (χ1) is 8.59. The molecule has 3 atom stereocenters. The first-order valence-electron chi connectivity index (χ1n) is 6.82. The van der Waals surface area contributed by atoms with Crippen molar-refractivity contribution in [2.75, 3.05) is 13.1 Å². The molecule has 0 bridgehead atoms. The summed E-state index contributed by atoms with van der Waals surface area (Å²) in [6.07, 6.45) is 0.473. The Morgan fingerprint density at radius 1 is 1.28 bits per heavy atom. The normalized spacial score (nSPS) is 27.4. The van der Waals surface area contributed by atoms with E-state index in [1.807, 2.05) is 6.07 Å². The van der Waals surface area contributed by atoms with Crippen LogP contribution in [0.2, 0.25) is 0 Å². The van der Waals surface area contributed by atoms with E-state index >= 15 is 0 Å². The number of nitrogens with two attached hydrogens (primary N) is 1. The smallest absolute Gasteiger partial charge is 0.0818 e. The van der Waals surface area contributed by atoms with E-state index in [1.54, 1.807) is 0 Å². The fourth-order valence-electron chi connectivity index (χ4n) is 2.89. The minimum atomic E-state index is -0.399. The second kappa shape index (κ2) is 5.83. The summed E-state index contributed by atoms with van der Waals surface area (Å²) in [6.45, 7) is 6.12. The Morgan fingerprint density at radius 3 is 2.50 bits per heavy atom. The molecular weight excluding hydrogens is 224 g/mol. The third-order valence-electron chi connectivity index (χ3n) is 3.83. The predicted octanol–water partition coefficient (Wildman–Crippen LogP) is 1.78. The molecule has 1 aliphatic rings. The Labute approximate surface area is 110 Å². The molecule has 1 heterocycles. The average molecular weight is 248 g/mol. The molecule has 0 spiro atoms. The van der Waals surface area contributed by atoms with Crippen LogP contribution in [0, 0.1) is 5.92 Å². The average Bonchev–Trinajstić information content (AvgIpc) is 2.35. The van der Waals surface area contributed by atoms with E-state index in [4.69, 9.17) is 5.73 Å². The number of aliphatic hydroxyl groups excluding tert-OH is 1. The van der Waals surface area contributed by atoms with Gasteiger partial charge < -0.3 is 10.8 Å². The van der Waals surface area contributed by atoms with Crippen molar-refractivity contribution in [1.29, 1.82) is 0 Å². The highest BCUT2D eigenvalue weighted by atomic mass is 16.3. The van der Waals surface area contributed by atoms with E-state index < -0.39 is 6.10 Å². The summed E-state index contributed by atoms with van der Waals surface area (Å²) < 4.78 is 0. The van der Waals surface area contributed by atoms with Gasteiger partial charge in [0.2, 0.25) is 0 Å². The zero-order valence-corrected chi connectivity index (χ0v) is 11.3. The summed E-state index contributed by atoms with van der Waals surface area (Å²) >= 11 is 0. The maximum Gasteiger partial charge on any atom is 0.0818 e. The molecule has 100 valence electrons. The molecule has 1 saturated heterocycles. The number of hydrogen-bond acceptors (Lipinski definition) is 3. The molecule has 3 N–H and O–H groups in total. The van der Waals surface area contributed by atoms with Gasteiger partial charge in [0.1, 0.15) is 0 Å². The Hall–Kier alpha value is -0.900. The Balaban J connectivity index is 2.16. The SMILES string of the molecule is CC(C)C(c1ccccc1)N1CC[C@H](N)[C@@H](O)C1. The fourth-order valence-corrected chi connectivity index (χ4v) is 2.89. The fraction of sp³-hybridized carbons (Fsp3) is 0.600. The van der Waals surface area contributed by atoms with Gasteiger partial charge >= 0.3 is 0 Å². The van der Waals surface area contributed by atoms with E-state index in [2.05, 4.69) is 43.0 Å². The van der Waals surface area contributed by atoms with Gasteiger partial charge in [0, 0.05) is 25.2 Å². The highest BCUT2D eigenvalue weighted by Gasteiger charge is 2.31. The number of β-amino-alcohol motifs (C(OH)–C–C–N with tert-alkyl or cyclic N) is 1. The summed E-state index contributed by atoms with van der Waals surface area (Å²) in [5, 5.41) is 9.96. The zero-order chi connectivity index (χ0) is 13.1. The van der Waals surface area contributed by atoms with Crippen LogP contribution in [0.15, 0.2) is 30.3 Å². The molecule has 1 fully saturated rings. The number of piperidine rings is 1. The quantitative estimate of drug-likeness (QED) is 0.857. The molecule has 0 aromatic heterocycles. The van der Waals surface area contributed by atoms with E-state index in [9.17, 15) is 5.11 Å². The summed E-state index contributed by atoms with van der Waals surface area (Å²) in [6, 6.07) is 10.9. The lowest BCUT2D eigenvalue weighted by Gasteiger charge is -2.41. The lowest BCUT2D eigenvalue weighted by molar-refractivity contribution is 0.0199. The number of likely N-dealkylation sites (tertiary alicyclic amines) is 1. The molecular formula is C15H24N2O. The maximum absolute atomic E-state index is 9.96. The molecule has 1 aromatic carbocycles. The molecule has 0 saturated carbocycles. The summed E-state index contributed by atoms with van der Waals surface area (Å²) in [7, 11) is 0. The monoisotopic (exact) mass is 248 g/mol. The van der Waals surface area contributed by atoms with Crippen molar-refractivity contribution in [1.82, 2.24) is 4.90 Å². The Bertz CT molecular complexity index is 366. The highest BCUT2D eigenvalue weighted by molar-refractivity contribution is 5.20. The van der Waals surface area contributed by atoms with Crippen molar-refractivity contribution in [3.63, 3.8) is 0 Å². The minimum Gasteiger partial charge on any atom is -0.390 e. The van der Waals surface area contributed by atoms with Crippen LogP contribution in [0.5, 0.6) is 0 Å². The summed E-state index contributed by atoms with van der Waals surface area (Å²) in [4.78, 5) is 2.37. The summed E-state index contributed by atoms with van der Waals surface area (Å²) in [5.74, 6) is 0.522. The second-order valence-electron chi connectivity index (χ2n) is 5.61. The van der Waals surface area contributed by atoms with Gasteiger partial charge in [-0.05, 0) is 17.9 Å². The van der Waals surface area contributed by atoms with Crippen LogP contribution in [-0.2, 0) is 0 Å². The second-order valence-corrected chi connectivity index (χ2v) is 5.61. The van der Waals surface area contributed by atoms with Crippen LogP contribution < -0.4 is 5.73 Å². The van der Waals surface area contributed by atoms with E-state index in [1.165, 1.54) is 5.56 Å². The predicted molar refractivity (Wildman–Crippen MR) is 74.2 cm³/mol. The van der Waals surface area contributed by atoms with E-state index in [0.717, 1.165) is 13.0 Å². The van der Waals surface area contributed by atoms with Crippen molar-refractivity contribution in [2.24, 2.45) is 11.7 Å². The van der Waals surface area contributed by atoms with Crippen LogP contribution in [0.1, 0.15) is 31.9 Å². The van der Waals surface area contributed by atoms with Gasteiger partial charge in [0.05, 0.1) is 6.10 Å². The topological polar surface area (TPSA) is 49.5 Å². The lowest BCUT2D eigenvalue weighted by atomic mass is 9.91. The largest absolute Gasteiger partial charge is 0.390 e. The molecule has 0 amide bonds. The molecule has 3 heteroatoms. The first-order valence-corrected chi connectivity index (χ1v) is 6.82. The van der Waals surface area contributed by atoms with Crippen molar-refractivity contribution in [2.45, 2.75) is 38.5 Å². The van der Waals surface area contributed by atoms with Crippen molar-refractivity contribution in [3.05, 3.63) is 35.9 Å². The number of aliphatic hydroxyl groups is 1. The Kier molecular flexibility index (Phi) is 4.38. The van der Waals surface area contributed by atoms with E-state index in [0.29, 0.717) is 18.5 Å². The summed E-state index contributed by atoms with van der Waals surface area (Å²) in [5.41, 5.74) is 7.21. The lowest BCUT2D eigenvalue weighted by Crippen LogP contribution is -2.52. The zero-order valence-electron chi connectivity index (χ0n) is 11.3. The molecule has 2 rings (SSSR count). The van der Waals surface area contributed by atoms with Gasteiger partial charge in [-0.15, -0.1) is 0 Å². The van der Waals surface area contributed by atoms with Gasteiger partial charge in [0.25, 0.3) is 0 Å². The molecule has 1 aromatic rings. The van der Waals surface area contributed by atoms with Gasteiger partial charge in [-0.3, -0.25) is 4.90 Å². The van der Waals surface area contributed by atoms with Gasteiger partial charge in [0.15, 0.2) is 0 Å². The van der Waals surface area contributed by atoms with Crippen LogP contribution in [0.4, 0.5) is 0 Å². The Morgan fingerprint density at radius 2 is 1.94 bits per heavy atom. The van der Waals surface area contributed by atoms with Gasteiger partial charge in [-0.25, -0.2) is 0 Å². The third-order valence-corrected chi connectivity index (χ3v) is 3.83. The third kappa shape index (κ3) is 2.91. The standard InChI is InChI=1S/C15H24N2O/c1-11(2)15(12-6-4-3-5-7-12)17-9-8-13(16)14(18)10-17/h3-7,11,13-15,18H,8-10,16H2,1-2H3/t13-,14-,15?/m0/s1. The van der Waals surface area contributed by atoms with Crippen LogP contribution >= 0.6 is 0 Å².